The zero-order chi connectivity index (χ0) is 22.9. The van der Waals surface area contributed by atoms with Crippen molar-refractivity contribution in [2.45, 2.75) is 26.2 Å². The standard InChI is InChI=1S/C24H26N2O6/c1-2-3-13-31-23(29)17-9-11-19(12-10-17)25-21(27)16-32-24(30)18-14-22(28)26(15-18)20-7-5-4-6-8-20/h4-12,18H,2-3,13-16H2,1H3,(H,25,27)/t18-/m0/s1. The van der Waals surface area contributed by atoms with Gasteiger partial charge in [0.2, 0.25) is 5.91 Å². The monoisotopic (exact) mass is 438 g/mol. The van der Waals surface area contributed by atoms with Crippen LogP contribution in [0.5, 0.6) is 0 Å². The molecule has 1 fully saturated rings. The second-order valence-electron chi connectivity index (χ2n) is 7.46. The molecule has 0 aromatic heterocycles. The lowest BCUT2D eigenvalue weighted by molar-refractivity contribution is -0.151. The van der Waals surface area contributed by atoms with E-state index in [0.717, 1.165) is 18.5 Å². The van der Waals surface area contributed by atoms with Gasteiger partial charge in [0.25, 0.3) is 5.91 Å². The van der Waals surface area contributed by atoms with Crippen molar-refractivity contribution in [2.75, 3.05) is 30.0 Å². The van der Waals surface area contributed by atoms with Crippen molar-refractivity contribution in [2.24, 2.45) is 5.92 Å². The van der Waals surface area contributed by atoms with Gasteiger partial charge in [-0.1, -0.05) is 31.5 Å². The van der Waals surface area contributed by atoms with E-state index >= 15 is 0 Å². The SMILES string of the molecule is CCCCOC(=O)c1ccc(NC(=O)COC(=O)[C@H]2CC(=O)N(c3ccccc3)C2)cc1. The van der Waals surface area contributed by atoms with Crippen LogP contribution in [0, 0.1) is 5.92 Å². The lowest BCUT2D eigenvalue weighted by Crippen LogP contribution is -2.28. The van der Waals surface area contributed by atoms with Gasteiger partial charge in [-0.3, -0.25) is 14.4 Å². The number of unbranched alkanes of at least 4 members (excludes halogenated alkanes) is 1. The highest BCUT2D eigenvalue weighted by Gasteiger charge is 2.36. The number of esters is 2. The van der Waals surface area contributed by atoms with Gasteiger partial charge < -0.3 is 19.7 Å². The van der Waals surface area contributed by atoms with E-state index < -0.39 is 30.4 Å². The Hall–Kier alpha value is -3.68. The molecular formula is C24H26N2O6. The van der Waals surface area contributed by atoms with Gasteiger partial charge in [0.15, 0.2) is 6.61 Å². The summed E-state index contributed by atoms with van der Waals surface area (Å²) in [5.74, 6) is -2.29. The zero-order valence-electron chi connectivity index (χ0n) is 17.9. The van der Waals surface area contributed by atoms with Crippen LogP contribution in [-0.4, -0.2) is 43.5 Å². The lowest BCUT2D eigenvalue weighted by Gasteiger charge is -2.16. The number of hydrogen-bond donors (Lipinski definition) is 1. The summed E-state index contributed by atoms with van der Waals surface area (Å²) in [6.07, 6.45) is 1.79. The number of benzene rings is 2. The molecule has 1 saturated heterocycles. The second kappa shape index (κ2) is 11.1. The normalized spacial score (nSPS) is 15.3. The molecule has 0 aliphatic carbocycles. The van der Waals surface area contributed by atoms with Crippen LogP contribution in [0.25, 0.3) is 0 Å². The number of carbonyl (C=O) groups is 4. The first-order chi connectivity index (χ1) is 15.5. The van der Waals surface area contributed by atoms with Gasteiger partial charge in [-0.25, -0.2) is 4.79 Å². The van der Waals surface area contributed by atoms with Crippen LogP contribution in [-0.2, 0) is 23.9 Å². The van der Waals surface area contributed by atoms with Crippen molar-refractivity contribution < 1.29 is 28.7 Å². The lowest BCUT2D eigenvalue weighted by atomic mass is 10.1. The number of carbonyl (C=O) groups excluding carboxylic acids is 4. The molecule has 168 valence electrons. The van der Waals surface area contributed by atoms with Gasteiger partial charge in [-0.15, -0.1) is 0 Å². The fourth-order valence-corrected chi connectivity index (χ4v) is 3.26. The molecule has 8 heteroatoms. The summed E-state index contributed by atoms with van der Waals surface area (Å²) in [5, 5.41) is 2.60. The minimum absolute atomic E-state index is 0.0468. The van der Waals surface area contributed by atoms with Gasteiger partial charge in [-0.2, -0.15) is 0 Å². The molecule has 3 rings (SSSR count). The van der Waals surface area contributed by atoms with E-state index in [1.165, 1.54) is 0 Å². The van der Waals surface area contributed by atoms with Gasteiger partial charge >= 0.3 is 11.9 Å². The number of nitrogens with zero attached hydrogens (tertiary/aromatic N) is 1. The molecule has 0 bridgehead atoms. The fourth-order valence-electron chi connectivity index (χ4n) is 3.26. The van der Waals surface area contributed by atoms with Crippen molar-refractivity contribution >= 4 is 35.1 Å². The first kappa shape index (κ1) is 23.0. The third kappa shape index (κ3) is 6.16. The fraction of sp³-hybridized carbons (Fsp3) is 0.333. The summed E-state index contributed by atoms with van der Waals surface area (Å²) >= 11 is 0. The molecule has 0 saturated carbocycles. The molecule has 1 N–H and O–H groups in total. The predicted molar refractivity (Wildman–Crippen MR) is 118 cm³/mol. The third-order valence-corrected chi connectivity index (χ3v) is 5.01. The van der Waals surface area contributed by atoms with Crippen molar-refractivity contribution in [3.05, 3.63) is 60.2 Å². The molecule has 0 unspecified atom stereocenters. The van der Waals surface area contributed by atoms with Crippen LogP contribution in [0.4, 0.5) is 11.4 Å². The maximum absolute atomic E-state index is 12.3. The van der Waals surface area contributed by atoms with Gasteiger partial charge in [0, 0.05) is 24.3 Å². The van der Waals surface area contributed by atoms with E-state index in [9.17, 15) is 19.2 Å². The Kier molecular flexibility index (Phi) is 7.96. The van der Waals surface area contributed by atoms with Crippen LogP contribution >= 0.6 is 0 Å². The molecular weight excluding hydrogens is 412 g/mol. The molecule has 2 aromatic rings. The summed E-state index contributed by atoms with van der Waals surface area (Å²) in [7, 11) is 0. The van der Waals surface area contributed by atoms with Crippen LogP contribution in [0.1, 0.15) is 36.5 Å². The van der Waals surface area contributed by atoms with Gasteiger partial charge in [-0.05, 0) is 42.8 Å². The van der Waals surface area contributed by atoms with Gasteiger partial charge in [0.1, 0.15) is 0 Å². The summed E-state index contributed by atoms with van der Waals surface area (Å²) in [4.78, 5) is 50.1. The quantitative estimate of drug-likeness (QED) is 0.477. The smallest absolute Gasteiger partial charge is 0.338 e. The number of para-hydroxylation sites is 1. The van der Waals surface area contributed by atoms with E-state index in [0.29, 0.717) is 17.9 Å². The number of hydrogen-bond acceptors (Lipinski definition) is 6. The highest BCUT2D eigenvalue weighted by atomic mass is 16.5. The zero-order valence-corrected chi connectivity index (χ0v) is 17.9. The molecule has 0 spiro atoms. The van der Waals surface area contributed by atoms with E-state index in [-0.39, 0.29) is 18.9 Å². The number of nitrogens with one attached hydrogen (secondary N) is 1. The molecule has 0 radical (unpaired) electrons. The molecule has 8 nitrogen and oxygen atoms in total. The first-order valence-electron chi connectivity index (χ1n) is 10.6. The Labute approximate surface area is 186 Å². The third-order valence-electron chi connectivity index (χ3n) is 5.01. The van der Waals surface area contributed by atoms with Gasteiger partial charge in [0.05, 0.1) is 18.1 Å². The summed E-state index contributed by atoms with van der Waals surface area (Å²) in [5.41, 5.74) is 1.57. The average Bonchev–Trinajstić information content (AvgIpc) is 3.20. The van der Waals surface area contributed by atoms with Crippen molar-refractivity contribution in [3.8, 4) is 0 Å². The molecule has 1 heterocycles. The molecule has 1 aliphatic rings. The highest BCUT2D eigenvalue weighted by Crippen LogP contribution is 2.25. The summed E-state index contributed by atoms with van der Waals surface area (Å²) in [6, 6.07) is 15.3. The Bertz CT molecular complexity index is 958. The maximum Gasteiger partial charge on any atom is 0.338 e. The van der Waals surface area contributed by atoms with Crippen LogP contribution in [0.3, 0.4) is 0 Å². The van der Waals surface area contributed by atoms with Crippen LogP contribution in [0.15, 0.2) is 54.6 Å². The minimum Gasteiger partial charge on any atom is -0.462 e. The van der Waals surface area contributed by atoms with E-state index in [1.54, 1.807) is 41.3 Å². The number of rotatable bonds is 9. The Morgan fingerprint density at radius 2 is 1.75 bits per heavy atom. The van der Waals surface area contributed by atoms with E-state index in [1.807, 2.05) is 25.1 Å². The van der Waals surface area contributed by atoms with Crippen molar-refractivity contribution in [1.29, 1.82) is 0 Å². The molecule has 32 heavy (non-hydrogen) atoms. The molecule has 1 atom stereocenters. The largest absolute Gasteiger partial charge is 0.462 e. The van der Waals surface area contributed by atoms with E-state index in [2.05, 4.69) is 5.32 Å². The van der Waals surface area contributed by atoms with E-state index in [4.69, 9.17) is 9.47 Å². The first-order valence-corrected chi connectivity index (χ1v) is 10.6. The molecule has 2 aromatic carbocycles. The van der Waals surface area contributed by atoms with Crippen LogP contribution in [0.2, 0.25) is 0 Å². The Balaban J connectivity index is 1.44. The maximum atomic E-state index is 12.3. The molecule has 1 aliphatic heterocycles. The van der Waals surface area contributed by atoms with Crippen molar-refractivity contribution in [3.63, 3.8) is 0 Å². The number of ether oxygens (including phenoxy) is 2. The molecule has 2 amide bonds. The highest BCUT2D eigenvalue weighted by molar-refractivity contribution is 6.00. The summed E-state index contributed by atoms with van der Waals surface area (Å²) in [6.45, 7) is 2.14. The number of anilines is 2. The summed E-state index contributed by atoms with van der Waals surface area (Å²) < 4.78 is 10.2. The Morgan fingerprint density at radius 1 is 1.03 bits per heavy atom. The topological polar surface area (TPSA) is 102 Å². The average molecular weight is 438 g/mol. The number of amides is 2. The second-order valence-corrected chi connectivity index (χ2v) is 7.46. The Morgan fingerprint density at radius 3 is 2.44 bits per heavy atom. The predicted octanol–water partition coefficient (Wildman–Crippen LogP) is 3.18. The van der Waals surface area contributed by atoms with Crippen molar-refractivity contribution in [1.82, 2.24) is 0 Å². The van der Waals surface area contributed by atoms with Crippen LogP contribution < -0.4 is 10.2 Å². The minimum atomic E-state index is -0.617.